The van der Waals surface area contributed by atoms with E-state index in [1.807, 2.05) is 0 Å². The van der Waals surface area contributed by atoms with Crippen molar-refractivity contribution in [2.45, 2.75) is 43.3 Å². The maximum atomic E-state index is 13.7. The molecule has 1 rings (SSSR count). The zero-order valence-electron chi connectivity index (χ0n) is 10.7. The maximum Gasteiger partial charge on any atom is 0.527 e. The largest absolute Gasteiger partial charge is 0.527 e. The fourth-order valence-electron chi connectivity index (χ4n) is 1.98. The van der Waals surface area contributed by atoms with Crippen molar-refractivity contribution in [3.63, 3.8) is 0 Å². The number of halogens is 9. The van der Waals surface area contributed by atoms with Crippen molar-refractivity contribution < 1.29 is 49.0 Å². The lowest BCUT2D eigenvalue weighted by molar-refractivity contribution is -0.433. The third kappa shape index (κ3) is 4.51. The molecule has 6 atom stereocenters. The Labute approximate surface area is 118 Å². The molecular weight excluding hydrogens is 335 g/mol. The molecule has 130 valence electrons. The normalized spacial score (nSPS) is 37.1. The molecule has 11 heteroatoms. The summed E-state index contributed by atoms with van der Waals surface area (Å²) in [6.45, 7) is 0.801. The molecular formula is C11H11F9O2. The number of rotatable bonds is 5. The fourth-order valence-corrected chi connectivity index (χ4v) is 1.98. The Morgan fingerprint density at radius 1 is 0.864 bits per heavy atom. The molecule has 0 aromatic heterocycles. The van der Waals surface area contributed by atoms with Crippen molar-refractivity contribution in [3.05, 3.63) is 12.7 Å². The molecule has 0 radical (unpaired) electrons. The quantitative estimate of drug-likeness (QED) is 0.559. The zero-order chi connectivity index (χ0) is 17.3. The Morgan fingerprint density at radius 2 is 1.41 bits per heavy atom. The van der Waals surface area contributed by atoms with Crippen LogP contribution in [0.2, 0.25) is 0 Å². The van der Waals surface area contributed by atoms with Gasteiger partial charge in [-0.2, -0.15) is 8.78 Å². The molecule has 0 amide bonds. The topological polar surface area (TPSA) is 18.5 Å². The highest BCUT2D eigenvalue weighted by Gasteiger charge is 2.54. The lowest BCUT2D eigenvalue weighted by Crippen LogP contribution is -2.56. The van der Waals surface area contributed by atoms with Crippen LogP contribution in [0, 0.1) is 5.92 Å². The minimum atomic E-state index is -5.72. The molecule has 0 spiro atoms. The first kappa shape index (κ1) is 19.1. The third-order valence-electron chi connectivity index (χ3n) is 2.95. The molecule has 0 aliphatic heterocycles. The van der Waals surface area contributed by atoms with Gasteiger partial charge in [0.2, 0.25) is 0 Å². The van der Waals surface area contributed by atoms with Gasteiger partial charge in [-0.3, -0.25) is 0 Å². The van der Waals surface area contributed by atoms with Gasteiger partial charge in [0, 0.05) is 5.92 Å². The van der Waals surface area contributed by atoms with Crippen molar-refractivity contribution in [1.82, 2.24) is 0 Å². The summed E-state index contributed by atoms with van der Waals surface area (Å²) < 4.78 is 121. The zero-order valence-corrected chi connectivity index (χ0v) is 10.7. The first-order chi connectivity index (χ1) is 9.89. The van der Waals surface area contributed by atoms with Crippen LogP contribution in [0.25, 0.3) is 0 Å². The van der Waals surface area contributed by atoms with E-state index in [-0.39, 0.29) is 0 Å². The lowest BCUT2D eigenvalue weighted by Gasteiger charge is -2.38. The Hall–Kier alpha value is -0.970. The van der Waals surface area contributed by atoms with E-state index in [2.05, 4.69) is 16.1 Å². The van der Waals surface area contributed by atoms with E-state index >= 15 is 0 Å². The van der Waals surface area contributed by atoms with Gasteiger partial charge in [0.05, 0.1) is 0 Å². The van der Waals surface area contributed by atoms with Crippen molar-refractivity contribution in [2.75, 3.05) is 6.61 Å². The lowest BCUT2D eigenvalue weighted by atomic mass is 9.81. The summed E-state index contributed by atoms with van der Waals surface area (Å²) in [5.74, 6) is -1.89. The number of ether oxygens (including phenoxy) is 2. The van der Waals surface area contributed by atoms with Gasteiger partial charge < -0.3 is 4.74 Å². The second-order valence-electron chi connectivity index (χ2n) is 4.55. The number of allylic oxidation sites excluding steroid dienone is 1. The summed E-state index contributed by atoms with van der Waals surface area (Å²) in [4.78, 5) is 0. The standard InChI is InChI=1S/C11H11F9O2/c1-2-4-5(12)7(14)8(15)9(6(4)13)21-3-10(16,17)22-11(18,19)20/h2,4-9H,1,3H2. The Morgan fingerprint density at radius 3 is 1.86 bits per heavy atom. The van der Waals surface area contributed by atoms with E-state index in [0.717, 1.165) is 0 Å². The van der Waals surface area contributed by atoms with Gasteiger partial charge in [0.25, 0.3) is 0 Å². The van der Waals surface area contributed by atoms with Crippen LogP contribution in [0.5, 0.6) is 0 Å². The second kappa shape index (κ2) is 6.65. The van der Waals surface area contributed by atoms with Crippen LogP contribution < -0.4 is 0 Å². The first-order valence-electron chi connectivity index (χ1n) is 5.85. The molecule has 0 aromatic rings. The van der Waals surface area contributed by atoms with E-state index in [9.17, 15) is 39.5 Å². The van der Waals surface area contributed by atoms with E-state index in [4.69, 9.17) is 0 Å². The highest BCUT2D eigenvalue weighted by atomic mass is 19.4. The molecule has 22 heavy (non-hydrogen) atoms. The van der Waals surface area contributed by atoms with Crippen LogP contribution in [0.1, 0.15) is 0 Å². The van der Waals surface area contributed by atoms with E-state index in [1.54, 1.807) is 0 Å². The van der Waals surface area contributed by atoms with Crippen molar-refractivity contribution in [1.29, 1.82) is 0 Å². The molecule has 1 aliphatic carbocycles. The van der Waals surface area contributed by atoms with E-state index in [0.29, 0.717) is 6.08 Å². The van der Waals surface area contributed by atoms with E-state index < -0.39 is 55.8 Å². The summed E-state index contributed by atoms with van der Waals surface area (Å²) >= 11 is 0. The molecule has 2 nitrogen and oxygen atoms in total. The highest BCUT2D eigenvalue weighted by Crippen LogP contribution is 2.37. The molecule has 6 unspecified atom stereocenters. The van der Waals surface area contributed by atoms with Gasteiger partial charge in [-0.1, -0.05) is 6.08 Å². The maximum absolute atomic E-state index is 13.7. The average molecular weight is 346 g/mol. The smallest absolute Gasteiger partial charge is 0.363 e. The molecule has 0 heterocycles. The molecule has 0 N–H and O–H groups in total. The van der Waals surface area contributed by atoms with Crippen molar-refractivity contribution in [2.24, 2.45) is 5.92 Å². The monoisotopic (exact) mass is 346 g/mol. The SMILES string of the molecule is C=CC1C(F)C(F)C(F)C(OCC(F)(F)OC(F)(F)F)C1F. The molecule has 0 bridgehead atoms. The van der Waals surface area contributed by atoms with Crippen LogP contribution in [0.4, 0.5) is 39.5 Å². The van der Waals surface area contributed by atoms with Gasteiger partial charge in [0.1, 0.15) is 25.1 Å². The number of hydrogen-bond acceptors (Lipinski definition) is 2. The molecule has 1 aliphatic rings. The second-order valence-corrected chi connectivity index (χ2v) is 4.55. The summed E-state index contributed by atoms with van der Waals surface area (Å²) in [7, 11) is 0. The van der Waals surface area contributed by atoms with E-state index in [1.165, 1.54) is 0 Å². The minimum absolute atomic E-state index is 0.606. The van der Waals surface area contributed by atoms with Crippen LogP contribution in [0.15, 0.2) is 12.7 Å². The Kier molecular flexibility index (Phi) is 5.77. The highest BCUT2D eigenvalue weighted by molar-refractivity contribution is 5.05. The molecule has 0 aromatic carbocycles. The summed E-state index contributed by atoms with van der Waals surface area (Å²) in [5, 5.41) is 0. The predicted molar refractivity (Wildman–Crippen MR) is 55.1 cm³/mol. The average Bonchev–Trinajstić information content (AvgIpc) is 2.34. The van der Waals surface area contributed by atoms with Gasteiger partial charge >= 0.3 is 12.5 Å². The molecule has 1 saturated carbocycles. The molecule has 0 saturated heterocycles. The third-order valence-corrected chi connectivity index (χ3v) is 2.95. The van der Waals surface area contributed by atoms with Crippen molar-refractivity contribution in [3.8, 4) is 0 Å². The van der Waals surface area contributed by atoms with Crippen molar-refractivity contribution >= 4 is 0 Å². The first-order valence-corrected chi connectivity index (χ1v) is 5.85. The molecule has 1 fully saturated rings. The Bertz CT molecular complexity index is 386. The van der Waals surface area contributed by atoms with Crippen LogP contribution in [-0.2, 0) is 9.47 Å². The minimum Gasteiger partial charge on any atom is -0.363 e. The summed E-state index contributed by atoms with van der Waals surface area (Å²) in [6.07, 6.45) is -23.7. The number of alkyl halides is 9. The predicted octanol–water partition coefficient (Wildman–Crippen LogP) is 3.67. The summed E-state index contributed by atoms with van der Waals surface area (Å²) in [5.41, 5.74) is 0. The number of hydrogen-bond donors (Lipinski definition) is 0. The fraction of sp³-hybridized carbons (Fsp3) is 0.818. The van der Waals surface area contributed by atoms with Crippen LogP contribution in [-0.4, -0.2) is 49.9 Å². The van der Waals surface area contributed by atoms with Crippen LogP contribution >= 0.6 is 0 Å². The van der Waals surface area contributed by atoms with Gasteiger partial charge in [-0.15, -0.1) is 19.8 Å². The van der Waals surface area contributed by atoms with Gasteiger partial charge in [0.15, 0.2) is 12.3 Å². The summed E-state index contributed by atoms with van der Waals surface area (Å²) in [6, 6.07) is 0. The van der Waals surface area contributed by atoms with Gasteiger partial charge in [-0.25, -0.2) is 22.3 Å². The Balaban J connectivity index is 2.76. The van der Waals surface area contributed by atoms with Gasteiger partial charge in [-0.05, 0) is 0 Å². The van der Waals surface area contributed by atoms with Crippen LogP contribution in [0.3, 0.4) is 0 Å².